The minimum atomic E-state index is -0.537. The third-order valence-corrected chi connectivity index (χ3v) is 2.69. The summed E-state index contributed by atoms with van der Waals surface area (Å²) in [4.78, 5) is 24.5. The third kappa shape index (κ3) is 2.17. The van der Waals surface area contributed by atoms with Crippen molar-refractivity contribution in [3.63, 3.8) is 0 Å². The summed E-state index contributed by atoms with van der Waals surface area (Å²) < 4.78 is 0. The Morgan fingerprint density at radius 1 is 1.39 bits per heavy atom. The van der Waals surface area contributed by atoms with E-state index in [2.05, 4.69) is 10.2 Å². The quantitative estimate of drug-likeness (QED) is 0.823. The van der Waals surface area contributed by atoms with E-state index >= 15 is 0 Å². The van der Waals surface area contributed by atoms with Crippen molar-refractivity contribution in [3.05, 3.63) is 30.0 Å². The minimum absolute atomic E-state index is 0.101. The van der Waals surface area contributed by atoms with Crippen LogP contribution in [0.5, 0.6) is 0 Å². The predicted octanol–water partition coefficient (Wildman–Crippen LogP) is 0.510. The topological polar surface area (TPSA) is 92.1 Å². The maximum atomic E-state index is 12.2. The lowest BCUT2D eigenvalue weighted by atomic mass is 10.2. The van der Waals surface area contributed by atoms with Crippen LogP contribution in [0, 0.1) is 0 Å². The normalized spacial score (nSPS) is 10.5. The summed E-state index contributed by atoms with van der Waals surface area (Å²) in [5, 5.41) is 7.53. The van der Waals surface area contributed by atoms with Crippen LogP contribution in [0.2, 0.25) is 0 Å². The number of carbonyl (C=O) groups is 2. The molecule has 1 aromatic carbocycles. The molecule has 6 nitrogen and oxygen atoms in total. The van der Waals surface area contributed by atoms with E-state index in [1.54, 1.807) is 6.92 Å². The van der Waals surface area contributed by atoms with Gasteiger partial charge in [-0.3, -0.25) is 14.7 Å². The number of rotatable bonds is 4. The standard InChI is InChI=1S/C12H14N4O2/c1-2-16(7-10(13)17)12(18)11-8-5-3-4-6-9(8)14-15-11/h3-6H,2,7H2,1H3,(H2,13,17)(H,14,15). The maximum Gasteiger partial charge on any atom is 0.275 e. The minimum Gasteiger partial charge on any atom is -0.368 e. The number of amides is 2. The zero-order valence-corrected chi connectivity index (χ0v) is 10.0. The van der Waals surface area contributed by atoms with Crippen molar-refractivity contribution >= 4 is 22.7 Å². The van der Waals surface area contributed by atoms with E-state index in [1.807, 2.05) is 24.3 Å². The van der Waals surface area contributed by atoms with E-state index in [1.165, 1.54) is 4.90 Å². The van der Waals surface area contributed by atoms with Crippen LogP contribution < -0.4 is 5.73 Å². The highest BCUT2D eigenvalue weighted by molar-refractivity contribution is 6.05. The molecule has 2 rings (SSSR count). The van der Waals surface area contributed by atoms with E-state index < -0.39 is 5.91 Å². The van der Waals surface area contributed by atoms with Gasteiger partial charge >= 0.3 is 0 Å². The second-order valence-corrected chi connectivity index (χ2v) is 3.90. The van der Waals surface area contributed by atoms with Gasteiger partial charge in [0.05, 0.1) is 12.1 Å². The van der Waals surface area contributed by atoms with Crippen molar-refractivity contribution in [1.29, 1.82) is 0 Å². The maximum absolute atomic E-state index is 12.2. The molecule has 2 aromatic rings. The number of primary amides is 1. The molecule has 0 aliphatic rings. The van der Waals surface area contributed by atoms with E-state index in [4.69, 9.17) is 5.73 Å². The largest absolute Gasteiger partial charge is 0.368 e. The fraction of sp³-hybridized carbons (Fsp3) is 0.250. The van der Waals surface area contributed by atoms with Gasteiger partial charge < -0.3 is 10.6 Å². The number of benzene rings is 1. The number of hydrogen-bond donors (Lipinski definition) is 2. The molecular formula is C12H14N4O2. The molecule has 1 heterocycles. The average Bonchev–Trinajstić information content (AvgIpc) is 2.78. The molecule has 0 radical (unpaired) electrons. The van der Waals surface area contributed by atoms with Gasteiger partial charge in [0.2, 0.25) is 5.91 Å². The van der Waals surface area contributed by atoms with Gasteiger partial charge in [-0.25, -0.2) is 0 Å². The van der Waals surface area contributed by atoms with Gasteiger partial charge in [0.15, 0.2) is 5.69 Å². The SMILES string of the molecule is CCN(CC(N)=O)C(=O)c1n[nH]c2ccccc12. The van der Waals surface area contributed by atoms with Crippen LogP contribution in [0.1, 0.15) is 17.4 Å². The van der Waals surface area contributed by atoms with Crippen molar-refractivity contribution in [1.82, 2.24) is 15.1 Å². The second-order valence-electron chi connectivity index (χ2n) is 3.90. The zero-order chi connectivity index (χ0) is 13.1. The molecule has 94 valence electrons. The molecule has 6 heteroatoms. The number of aromatic nitrogens is 2. The highest BCUT2D eigenvalue weighted by Crippen LogP contribution is 2.16. The number of hydrogen-bond acceptors (Lipinski definition) is 3. The fourth-order valence-electron chi connectivity index (χ4n) is 1.79. The molecule has 0 bridgehead atoms. The first-order chi connectivity index (χ1) is 8.63. The Labute approximate surface area is 104 Å². The molecule has 0 aliphatic carbocycles. The molecule has 1 aromatic heterocycles. The van der Waals surface area contributed by atoms with E-state index in [9.17, 15) is 9.59 Å². The average molecular weight is 246 g/mol. The Morgan fingerprint density at radius 3 is 2.78 bits per heavy atom. The Balaban J connectivity index is 2.35. The van der Waals surface area contributed by atoms with Gasteiger partial charge in [-0.2, -0.15) is 5.10 Å². The Hall–Kier alpha value is -2.37. The van der Waals surface area contributed by atoms with Crippen molar-refractivity contribution in [2.24, 2.45) is 5.73 Å². The number of nitrogens with two attached hydrogens (primary N) is 1. The van der Waals surface area contributed by atoms with Crippen LogP contribution in [0.4, 0.5) is 0 Å². The lowest BCUT2D eigenvalue weighted by Crippen LogP contribution is -2.38. The predicted molar refractivity (Wildman–Crippen MR) is 66.9 cm³/mol. The Morgan fingerprint density at radius 2 is 2.11 bits per heavy atom. The first kappa shape index (κ1) is 12.1. The van der Waals surface area contributed by atoms with Crippen LogP contribution in [0.15, 0.2) is 24.3 Å². The van der Waals surface area contributed by atoms with Crippen molar-refractivity contribution < 1.29 is 9.59 Å². The highest BCUT2D eigenvalue weighted by Gasteiger charge is 2.20. The summed E-state index contributed by atoms with van der Waals surface area (Å²) in [6.07, 6.45) is 0. The number of fused-ring (bicyclic) bond motifs is 1. The first-order valence-corrected chi connectivity index (χ1v) is 5.64. The van der Waals surface area contributed by atoms with Crippen LogP contribution in [0.25, 0.3) is 10.9 Å². The summed E-state index contributed by atoms with van der Waals surface area (Å²) in [6.45, 7) is 2.09. The Bertz CT molecular complexity index is 591. The second kappa shape index (κ2) is 4.87. The molecule has 3 N–H and O–H groups in total. The van der Waals surface area contributed by atoms with Crippen molar-refractivity contribution in [2.45, 2.75) is 6.92 Å². The Kier molecular flexibility index (Phi) is 3.27. The summed E-state index contributed by atoms with van der Waals surface area (Å²) >= 11 is 0. The molecule has 0 unspecified atom stereocenters. The smallest absolute Gasteiger partial charge is 0.275 e. The first-order valence-electron chi connectivity index (χ1n) is 5.64. The molecule has 0 saturated carbocycles. The lowest BCUT2D eigenvalue weighted by Gasteiger charge is -2.17. The molecule has 0 aliphatic heterocycles. The van der Waals surface area contributed by atoms with Gasteiger partial charge in [0, 0.05) is 11.9 Å². The number of para-hydroxylation sites is 1. The van der Waals surface area contributed by atoms with Crippen molar-refractivity contribution in [2.75, 3.05) is 13.1 Å². The van der Waals surface area contributed by atoms with Crippen LogP contribution in [-0.2, 0) is 4.79 Å². The molecule has 18 heavy (non-hydrogen) atoms. The van der Waals surface area contributed by atoms with Gasteiger partial charge in [-0.1, -0.05) is 18.2 Å². The van der Waals surface area contributed by atoms with Gasteiger partial charge in [-0.05, 0) is 13.0 Å². The molecule has 0 spiro atoms. The number of H-pyrrole nitrogens is 1. The van der Waals surface area contributed by atoms with Crippen LogP contribution in [-0.4, -0.2) is 40.0 Å². The number of likely N-dealkylation sites (N-methyl/N-ethyl adjacent to an activating group) is 1. The molecule has 0 fully saturated rings. The number of aromatic amines is 1. The van der Waals surface area contributed by atoms with Gasteiger partial charge in [0.1, 0.15) is 0 Å². The molecule has 0 atom stereocenters. The third-order valence-electron chi connectivity index (χ3n) is 2.69. The van der Waals surface area contributed by atoms with E-state index in [0.717, 1.165) is 10.9 Å². The monoisotopic (exact) mass is 246 g/mol. The molecular weight excluding hydrogens is 232 g/mol. The van der Waals surface area contributed by atoms with E-state index in [-0.39, 0.29) is 12.5 Å². The molecule has 2 amide bonds. The summed E-state index contributed by atoms with van der Waals surface area (Å²) in [5.74, 6) is -0.834. The van der Waals surface area contributed by atoms with Crippen LogP contribution >= 0.6 is 0 Å². The zero-order valence-electron chi connectivity index (χ0n) is 10.0. The number of carbonyl (C=O) groups excluding carboxylic acids is 2. The fourth-order valence-corrected chi connectivity index (χ4v) is 1.79. The van der Waals surface area contributed by atoms with Gasteiger partial charge in [-0.15, -0.1) is 0 Å². The molecule has 0 saturated heterocycles. The van der Waals surface area contributed by atoms with Crippen LogP contribution in [0.3, 0.4) is 0 Å². The number of nitrogens with one attached hydrogen (secondary N) is 1. The summed E-state index contributed by atoms with van der Waals surface area (Å²) in [5.41, 5.74) is 6.21. The summed E-state index contributed by atoms with van der Waals surface area (Å²) in [6, 6.07) is 7.34. The summed E-state index contributed by atoms with van der Waals surface area (Å²) in [7, 11) is 0. The lowest BCUT2D eigenvalue weighted by molar-refractivity contribution is -0.118. The highest BCUT2D eigenvalue weighted by atomic mass is 16.2. The van der Waals surface area contributed by atoms with E-state index in [0.29, 0.717) is 12.2 Å². The van der Waals surface area contributed by atoms with Gasteiger partial charge in [0.25, 0.3) is 5.91 Å². The number of nitrogens with zero attached hydrogens (tertiary/aromatic N) is 2. The van der Waals surface area contributed by atoms with Crippen molar-refractivity contribution in [3.8, 4) is 0 Å².